The fourth-order valence-corrected chi connectivity index (χ4v) is 2.00. The number of aryl methyl sites for hydroxylation is 1. The van der Waals surface area contributed by atoms with Crippen LogP contribution in [-0.4, -0.2) is 19.3 Å². The second kappa shape index (κ2) is 5.86. The summed E-state index contributed by atoms with van der Waals surface area (Å²) in [6.45, 7) is 7.05. The lowest BCUT2D eigenvalue weighted by Gasteiger charge is -2.14. The van der Waals surface area contributed by atoms with Crippen LogP contribution in [0.25, 0.3) is 0 Å². The molecule has 0 bridgehead atoms. The molecule has 8 nitrogen and oxygen atoms in total. The minimum Gasteiger partial charge on any atom is -0.383 e. The molecule has 2 heterocycles. The van der Waals surface area contributed by atoms with E-state index in [0.717, 1.165) is 6.54 Å². The average molecular weight is 292 g/mol. The van der Waals surface area contributed by atoms with Crippen LogP contribution in [0.4, 0.5) is 17.2 Å². The van der Waals surface area contributed by atoms with Crippen molar-refractivity contribution in [2.45, 2.75) is 33.9 Å². The Morgan fingerprint density at radius 3 is 2.71 bits per heavy atom. The Morgan fingerprint density at radius 1 is 1.43 bits per heavy atom. The van der Waals surface area contributed by atoms with Gasteiger partial charge in [-0.2, -0.15) is 5.10 Å². The van der Waals surface area contributed by atoms with Crippen LogP contribution in [0.15, 0.2) is 22.0 Å². The van der Waals surface area contributed by atoms with E-state index in [1.54, 1.807) is 17.1 Å². The van der Waals surface area contributed by atoms with E-state index in [2.05, 4.69) is 15.4 Å². The van der Waals surface area contributed by atoms with Gasteiger partial charge < -0.3 is 11.1 Å². The van der Waals surface area contributed by atoms with Gasteiger partial charge in [0.05, 0.1) is 11.9 Å². The molecule has 2 aromatic heterocycles. The maximum Gasteiger partial charge on any atom is 0.330 e. The van der Waals surface area contributed by atoms with E-state index in [1.165, 1.54) is 4.57 Å². The first-order chi connectivity index (χ1) is 9.92. The molecule has 0 saturated heterocycles. The number of nitrogens with one attached hydrogen (secondary N) is 2. The monoisotopic (exact) mass is 292 g/mol. The first-order valence-corrected chi connectivity index (χ1v) is 6.84. The van der Waals surface area contributed by atoms with Gasteiger partial charge in [-0.25, -0.2) is 4.79 Å². The van der Waals surface area contributed by atoms with Gasteiger partial charge in [0.15, 0.2) is 0 Å². The Hall–Kier alpha value is -2.51. The lowest BCUT2D eigenvalue weighted by Crippen LogP contribution is -2.34. The van der Waals surface area contributed by atoms with Crippen LogP contribution in [-0.2, 0) is 13.1 Å². The molecule has 114 valence electrons. The zero-order valence-corrected chi connectivity index (χ0v) is 12.4. The number of H-pyrrole nitrogens is 1. The summed E-state index contributed by atoms with van der Waals surface area (Å²) in [6, 6.07) is 0. The van der Waals surface area contributed by atoms with E-state index in [4.69, 9.17) is 5.73 Å². The predicted octanol–water partition coefficient (Wildman–Crippen LogP) is 0.735. The molecule has 0 aliphatic heterocycles. The topological polar surface area (TPSA) is 111 Å². The third kappa shape index (κ3) is 3.15. The second-order valence-corrected chi connectivity index (χ2v) is 5.23. The third-order valence-corrected chi connectivity index (χ3v) is 3.01. The molecule has 0 amide bonds. The first kappa shape index (κ1) is 14.9. The molecule has 4 N–H and O–H groups in total. The summed E-state index contributed by atoms with van der Waals surface area (Å²) in [7, 11) is 0. The Labute approximate surface area is 121 Å². The largest absolute Gasteiger partial charge is 0.383 e. The molecular weight excluding hydrogens is 272 g/mol. The van der Waals surface area contributed by atoms with Gasteiger partial charge in [-0.1, -0.05) is 13.8 Å². The standard InChI is InChI=1S/C13H20N6O2/c1-4-18-7-9(5-15-18)16-10-11(14)19(6-8(2)3)13(21)17-12(10)20/h5,7-8,16H,4,6,14H2,1-3H3,(H,17,20,21). The van der Waals surface area contributed by atoms with E-state index >= 15 is 0 Å². The van der Waals surface area contributed by atoms with E-state index in [9.17, 15) is 9.59 Å². The van der Waals surface area contributed by atoms with Crippen molar-refractivity contribution in [3.8, 4) is 0 Å². The Morgan fingerprint density at radius 2 is 2.14 bits per heavy atom. The molecule has 0 fully saturated rings. The van der Waals surface area contributed by atoms with Crippen LogP contribution in [0.3, 0.4) is 0 Å². The fourth-order valence-electron chi connectivity index (χ4n) is 2.00. The maximum atomic E-state index is 11.9. The summed E-state index contributed by atoms with van der Waals surface area (Å²) in [6.07, 6.45) is 3.36. The van der Waals surface area contributed by atoms with Crippen LogP contribution in [0.1, 0.15) is 20.8 Å². The van der Waals surface area contributed by atoms with Gasteiger partial charge >= 0.3 is 5.69 Å². The Balaban J connectivity index is 2.43. The predicted molar refractivity (Wildman–Crippen MR) is 81.8 cm³/mol. The molecule has 8 heteroatoms. The van der Waals surface area contributed by atoms with Gasteiger partial charge in [-0.05, 0) is 12.8 Å². The molecular formula is C13H20N6O2. The highest BCUT2D eigenvalue weighted by Gasteiger charge is 2.14. The minimum atomic E-state index is -0.540. The second-order valence-electron chi connectivity index (χ2n) is 5.23. The number of aromatic amines is 1. The third-order valence-electron chi connectivity index (χ3n) is 3.01. The quantitative estimate of drug-likeness (QED) is 0.752. The summed E-state index contributed by atoms with van der Waals surface area (Å²) in [5.41, 5.74) is 5.74. The maximum absolute atomic E-state index is 11.9. The SMILES string of the molecule is CCn1cc(Nc2c(N)n(CC(C)C)c(=O)[nH]c2=O)cn1. The molecule has 2 aromatic rings. The number of anilines is 3. The molecule has 2 rings (SSSR count). The summed E-state index contributed by atoms with van der Waals surface area (Å²) in [5.74, 6) is 0.355. The van der Waals surface area contributed by atoms with Crippen LogP contribution in [0, 0.1) is 5.92 Å². The van der Waals surface area contributed by atoms with Crippen LogP contribution >= 0.6 is 0 Å². The number of rotatable bonds is 5. The molecule has 0 radical (unpaired) electrons. The summed E-state index contributed by atoms with van der Waals surface area (Å²) >= 11 is 0. The van der Waals surface area contributed by atoms with E-state index in [0.29, 0.717) is 12.2 Å². The van der Waals surface area contributed by atoms with Crippen molar-refractivity contribution < 1.29 is 0 Å². The fraction of sp³-hybridized carbons (Fsp3) is 0.462. The average Bonchev–Trinajstić information content (AvgIpc) is 2.87. The summed E-state index contributed by atoms with van der Waals surface area (Å²) in [5, 5.41) is 7.04. The van der Waals surface area contributed by atoms with Crippen molar-refractivity contribution in [1.82, 2.24) is 19.3 Å². The lowest BCUT2D eigenvalue weighted by atomic mass is 10.2. The van der Waals surface area contributed by atoms with Crippen LogP contribution in [0.5, 0.6) is 0 Å². The number of hydrogen-bond acceptors (Lipinski definition) is 5. The molecule has 0 aromatic carbocycles. The number of nitrogens with zero attached hydrogens (tertiary/aromatic N) is 3. The molecule has 0 spiro atoms. The van der Waals surface area contributed by atoms with Crippen LogP contribution in [0.2, 0.25) is 0 Å². The zero-order chi connectivity index (χ0) is 15.6. The number of aromatic nitrogens is 4. The van der Waals surface area contributed by atoms with Crippen molar-refractivity contribution in [2.75, 3.05) is 11.1 Å². The van der Waals surface area contributed by atoms with Gasteiger partial charge in [0.1, 0.15) is 11.5 Å². The van der Waals surface area contributed by atoms with Crippen molar-refractivity contribution in [3.05, 3.63) is 33.2 Å². The summed E-state index contributed by atoms with van der Waals surface area (Å²) < 4.78 is 3.08. The lowest BCUT2D eigenvalue weighted by molar-refractivity contribution is 0.508. The van der Waals surface area contributed by atoms with Gasteiger partial charge in [0.2, 0.25) is 0 Å². The normalized spacial score (nSPS) is 11.0. The summed E-state index contributed by atoms with van der Waals surface area (Å²) in [4.78, 5) is 26.1. The number of nitrogen functional groups attached to an aromatic ring is 1. The Kier molecular flexibility index (Phi) is 4.15. The van der Waals surface area contributed by atoms with Crippen molar-refractivity contribution >= 4 is 17.2 Å². The van der Waals surface area contributed by atoms with Gasteiger partial charge in [-0.3, -0.25) is 19.0 Å². The highest BCUT2D eigenvalue weighted by molar-refractivity contribution is 5.68. The van der Waals surface area contributed by atoms with Gasteiger partial charge in [0.25, 0.3) is 5.56 Å². The van der Waals surface area contributed by atoms with Gasteiger partial charge in [-0.15, -0.1) is 0 Å². The number of nitrogens with two attached hydrogens (primary N) is 1. The van der Waals surface area contributed by atoms with Crippen LogP contribution < -0.4 is 22.3 Å². The molecule has 21 heavy (non-hydrogen) atoms. The van der Waals surface area contributed by atoms with Gasteiger partial charge in [0, 0.05) is 19.3 Å². The van der Waals surface area contributed by atoms with E-state index < -0.39 is 11.2 Å². The molecule has 0 saturated carbocycles. The highest BCUT2D eigenvalue weighted by atomic mass is 16.2. The molecule has 0 aliphatic carbocycles. The van der Waals surface area contributed by atoms with Crippen molar-refractivity contribution in [2.24, 2.45) is 5.92 Å². The molecule has 0 unspecified atom stereocenters. The van der Waals surface area contributed by atoms with E-state index in [1.807, 2.05) is 20.8 Å². The highest BCUT2D eigenvalue weighted by Crippen LogP contribution is 2.17. The minimum absolute atomic E-state index is 0.127. The van der Waals surface area contributed by atoms with E-state index in [-0.39, 0.29) is 17.4 Å². The number of hydrogen-bond donors (Lipinski definition) is 3. The smallest absolute Gasteiger partial charge is 0.330 e. The Bertz CT molecular complexity index is 740. The molecule has 0 atom stereocenters. The zero-order valence-electron chi connectivity index (χ0n) is 12.4. The van der Waals surface area contributed by atoms with Crippen molar-refractivity contribution in [3.63, 3.8) is 0 Å². The first-order valence-electron chi connectivity index (χ1n) is 6.84. The molecule has 0 aliphatic rings. The van der Waals surface area contributed by atoms with Crippen molar-refractivity contribution in [1.29, 1.82) is 0 Å².